The first-order valence-corrected chi connectivity index (χ1v) is 5.91. The predicted molar refractivity (Wildman–Crippen MR) is 61.1 cm³/mol. The number of carbonyl (C=O) groups is 2. The van der Waals surface area contributed by atoms with Gasteiger partial charge in [0.05, 0.1) is 13.2 Å². The Morgan fingerprint density at radius 3 is 2.15 bits per heavy atom. The second-order valence-electron chi connectivity index (χ2n) is 4.40. The van der Waals surface area contributed by atoms with Crippen molar-refractivity contribution in [2.75, 3.05) is 39.3 Å². The van der Waals surface area contributed by atoms with E-state index in [-0.39, 0.29) is 26.2 Å². The van der Waals surface area contributed by atoms with Crippen LogP contribution in [0.25, 0.3) is 0 Å². The molecule has 7 nitrogen and oxygen atoms in total. The van der Waals surface area contributed by atoms with Gasteiger partial charge in [0.2, 0.25) is 0 Å². The Labute approximate surface area is 112 Å². The molecule has 0 aromatic carbocycles. The van der Waals surface area contributed by atoms with Crippen molar-refractivity contribution < 1.29 is 33.0 Å². The number of rotatable bonds is 4. The molecule has 1 rings (SSSR count). The van der Waals surface area contributed by atoms with Gasteiger partial charge in [0.1, 0.15) is 0 Å². The molecular formula is C10H16F3N3O4. The lowest BCUT2D eigenvalue weighted by Crippen LogP contribution is -2.56. The summed E-state index contributed by atoms with van der Waals surface area (Å²) in [6.07, 6.45) is -4.28. The van der Waals surface area contributed by atoms with Gasteiger partial charge in [-0.15, -0.1) is 0 Å². The summed E-state index contributed by atoms with van der Waals surface area (Å²) in [6.45, 7) is -1.53. The van der Waals surface area contributed by atoms with Crippen LogP contribution in [0.4, 0.5) is 18.0 Å². The van der Waals surface area contributed by atoms with E-state index in [0.717, 1.165) is 0 Å². The van der Waals surface area contributed by atoms with Crippen LogP contribution in [0, 0.1) is 0 Å². The number of piperazine rings is 1. The number of nitrogens with zero attached hydrogens (tertiary/aromatic N) is 2. The first-order valence-electron chi connectivity index (χ1n) is 5.91. The Morgan fingerprint density at radius 1 is 1.20 bits per heavy atom. The van der Waals surface area contributed by atoms with Crippen LogP contribution in [0.3, 0.4) is 0 Å². The Balaban J connectivity index is 2.41. The number of halogens is 3. The molecule has 2 amide bonds. The van der Waals surface area contributed by atoms with E-state index in [2.05, 4.69) is 5.32 Å². The van der Waals surface area contributed by atoms with Crippen LogP contribution in [0.5, 0.6) is 0 Å². The van der Waals surface area contributed by atoms with Crippen molar-refractivity contribution in [2.24, 2.45) is 0 Å². The molecule has 1 saturated heterocycles. The average molecular weight is 299 g/mol. The molecule has 0 radical (unpaired) electrons. The largest absolute Gasteiger partial charge is 0.480 e. The molecule has 116 valence electrons. The predicted octanol–water partition coefficient (Wildman–Crippen LogP) is -0.679. The maximum Gasteiger partial charge on any atom is 0.401 e. The van der Waals surface area contributed by atoms with E-state index >= 15 is 0 Å². The Bertz CT molecular complexity index is 356. The molecule has 1 aliphatic rings. The van der Waals surface area contributed by atoms with Crippen molar-refractivity contribution in [1.82, 2.24) is 15.1 Å². The van der Waals surface area contributed by atoms with Gasteiger partial charge in [-0.05, 0) is 0 Å². The summed E-state index contributed by atoms with van der Waals surface area (Å²) in [6, 6.07) is -2.13. The zero-order valence-electron chi connectivity index (χ0n) is 10.6. The number of urea groups is 1. The second kappa shape index (κ2) is 6.75. The highest BCUT2D eigenvalue weighted by Gasteiger charge is 2.33. The van der Waals surface area contributed by atoms with Gasteiger partial charge in [-0.2, -0.15) is 13.2 Å². The van der Waals surface area contributed by atoms with E-state index in [0.29, 0.717) is 0 Å². The Morgan fingerprint density at radius 2 is 1.75 bits per heavy atom. The fourth-order valence-electron chi connectivity index (χ4n) is 1.79. The van der Waals surface area contributed by atoms with Gasteiger partial charge < -0.3 is 20.4 Å². The van der Waals surface area contributed by atoms with Crippen LogP contribution in [-0.2, 0) is 4.79 Å². The van der Waals surface area contributed by atoms with Gasteiger partial charge in [0, 0.05) is 26.2 Å². The van der Waals surface area contributed by atoms with Gasteiger partial charge in [0.15, 0.2) is 6.04 Å². The molecule has 1 heterocycles. The number of carboxylic acids is 1. The number of nitrogens with one attached hydrogen (secondary N) is 1. The summed E-state index contributed by atoms with van der Waals surface area (Å²) < 4.78 is 36.5. The van der Waals surface area contributed by atoms with Crippen molar-refractivity contribution in [3.05, 3.63) is 0 Å². The van der Waals surface area contributed by atoms with Crippen molar-refractivity contribution in [3.63, 3.8) is 0 Å². The topological polar surface area (TPSA) is 93.1 Å². The fraction of sp³-hybridized carbons (Fsp3) is 0.800. The maximum atomic E-state index is 12.2. The minimum absolute atomic E-state index is 0.0593. The third-order valence-electron chi connectivity index (χ3n) is 2.84. The molecule has 0 bridgehead atoms. The number of amides is 2. The summed E-state index contributed by atoms with van der Waals surface area (Å²) in [5, 5.41) is 19.5. The number of aliphatic carboxylic acids is 1. The van der Waals surface area contributed by atoms with Crippen LogP contribution in [0.2, 0.25) is 0 Å². The van der Waals surface area contributed by atoms with E-state index in [1.807, 2.05) is 0 Å². The minimum atomic E-state index is -4.28. The molecule has 0 spiro atoms. The highest BCUT2D eigenvalue weighted by molar-refractivity contribution is 5.82. The lowest BCUT2D eigenvalue weighted by molar-refractivity contribution is -0.148. The zero-order valence-corrected chi connectivity index (χ0v) is 10.6. The van der Waals surface area contributed by atoms with Crippen LogP contribution in [0.1, 0.15) is 0 Å². The van der Waals surface area contributed by atoms with Gasteiger partial charge in [0.25, 0.3) is 0 Å². The number of aliphatic hydroxyl groups excluding tert-OH is 1. The van der Waals surface area contributed by atoms with E-state index < -0.39 is 37.4 Å². The summed E-state index contributed by atoms with van der Waals surface area (Å²) >= 11 is 0. The molecule has 1 fully saturated rings. The molecule has 0 aromatic heterocycles. The number of hydrogen-bond acceptors (Lipinski definition) is 4. The highest BCUT2D eigenvalue weighted by atomic mass is 19.4. The molecule has 0 aromatic rings. The lowest BCUT2D eigenvalue weighted by atomic mass is 10.3. The maximum absolute atomic E-state index is 12.2. The fourth-order valence-corrected chi connectivity index (χ4v) is 1.79. The monoisotopic (exact) mass is 299 g/mol. The van der Waals surface area contributed by atoms with E-state index in [4.69, 9.17) is 10.2 Å². The lowest BCUT2D eigenvalue weighted by Gasteiger charge is -2.35. The smallest absolute Gasteiger partial charge is 0.401 e. The molecule has 1 atom stereocenters. The first-order chi connectivity index (χ1) is 9.23. The molecule has 0 unspecified atom stereocenters. The normalized spacial score (nSPS) is 18.7. The number of hydrogen-bond donors (Lipinski definition) is 3. The van der Waals surface area contributed by atoms with Crippen LogP contribution in [-0.4, -0.2) is 83.6 Å². The standard InChI is InChI=1S/C10H16F3N3O4/c11-10(12,13)6-15-1-3-16(4-2-15)9(20)14-7(5-17)8(18)19/h7,17H,1-6H2,(H,14,20)(H,18,19)/t7-/m1/s1. The summed E-state index contributed by atoms with van der Waals surface area (Å²) in [5.41, 5.74) is 0. The van der Waals surface area contributed by atoms with Crippen molar-refractivity contribution >= 4 is 12.0 Å². The molecule has 3 N–H and O–H groups in total. The Kier molecular flexibility index (Phi) is 5.57. The highest BCUT2D eigenvalue weighted by Crippen LogP contribution is 2.17. The second-order valence-corrected chi connectivity index (χ2v) is 4.40. The zero-order chi connectivity index (χ0) is 15.3. The van der Waals surface area contributed by atoms with Gasteiger partial charge in [-0.1, -0.05) is 0 Å². The van der Waals surface area contributed by atoms with Crippen LogP contribution >= 0.6 is 0 Å². The SMILES string of the molecule is O=C(O)[C@@H](CO)NC(=O)N1CCN(CC(F)(F)F)CC1. The van der Waals surface area contributed by atoms with Gasteiger partial charge in [-0.25, -0.2) is 9.59 Å². The van der Waals surface area contributed by atoms with E-state index in [9.17, 15) is 22.8 Å². The molecule has 0 saturated carbocycles. The number of carboxylic acid groups (broad SMARTS) is 1. The summed E-state index contributed by atoms with van der Waals surface area (Å²) in [4.78, 5) is 24.7. The number of aliphatic hydroxyl groups is 1. The van der Waals surface area contributed by atoms with Crippen LogP contribution < -0.4 is 5.32 Å². The first kappa shape index (κ1) is 16.5. The Hall–Kier alpha value is -1.55. The molecule has 10 heteroatoms. The van der Waals surface area contributed by atoms with Crippen molar-refractivity contribution in [2.45, 2.75) is 12.2 Å². The van der Waals surface area contributed by atoms with Crippen LogP contribution in [0.15, 0.2) is 0 Å². The van der Waals surface area contributed by atoms with Gasteiger partial charge in [-0.3, -0.25) is 4.90 Å². The third kappa shape index (κ3) is 5.21. The van der Waals surface area contributed by atoms with E-state index in [1.165, 1.54) is 9.80 Å². The molecular weight excluding hydrogens is 283 g/mol. The quantitative estimate of drug-likeness (QED) is 0.640. The van der Waals surface area contributed by atoms with Crippen molar-refractivity contribution in [1.29, 1.82) is 0 Å². The molecule has 1 aliphatic heterocycles. The average Bonchev–Trinajstić information content (AvgIpc) is 2.34. The summed E-state index contributed by atoms with van der Waals surface area (Å²) in [5.74, 6) is -1.38. The number of alkyl halides is 3. The number of carbonyl (C=O) groups excluding carboxylic acids is 1. The van der Waals surface area contributed by atoms with Crippen molar-refractivity contribution in [3.8, 4) is 0 Å². The third-order valence-corrected chi connectivity index (χ3v) is 2.84. The minimum Gasteiger partial charge on any atom is -0.480 e. The molecule has 0 aliphatic carbocycles. The summed E-state index contributed by atoms with van der Waals surface area (Å²) in [7, 11) is 0. The van der Waals surface area contributed by atoms with Gasteiger partial charge >= 0.3 is 18.2 Å². The van der Waals surface area contributed by atoms with E-state index in [1.54, 1.807) is 0 Å². The molecule has 20 heavy (non-hydrogen) atoms.